The first-order chi connectivity index (χ1) is 10.1. The Labute approximate surface area is 136 Å². The molecular formula is C18H13BrClF. The molecule has 3 rings (SSSR count). The number of benzene rings is 3. The molecule has 0 N–H and O–H groups in total. The minimum absolute atomic E-state index is 0.297. The highest BCUT2D eigenvalue weighted by molar-refractivity contribution is 9.10. The lowest BCUT2D eigenvalue weighted by atomic mass is 9.95. The zero-order valence-corrected chi connectivity index (χ0v) is 13.7. The number of halogens is 3. The van der Waals surface area contributed by atoms with Crippen molar-refractivity contribution < 1.29 is 4.39 Å². The Morgan fingerprint density at radius 2 is 1.71 bits per heavy atom. The third-order valence-corrected chi connectivity index (χ3v) is 4.82. The first kappa shape index (κ1) is 14.6. The second-order valence-electron chi connectivity index (χ2n) is 5.05. The Kier molecular flexibility index (Phi) is 4.01. The summed E-state index contributed by atoms with van der Waals surface area (Å²) in [6.45, 7) is 2.08. The van der Waals surface area contributed by atoms with Gasteiger partial charge in [-0.1, -0.05) is 42.5 Å². The first-order valence-corrected chi connectivity index (χ1v) is 7.88. The van der Waals surface area contributed by atoms with Gasteiger partial charge in [-0.3, -0.25) is 0 Å². The fourth-order valence-corrected chi connectivity index (χ4v) is 3.12. The maximum atomic E-state index is 13.7. The monoisotopic (exact) mass is 362 g/mol. The lowest BCUT2D eigenvalue weighted by Crippen LogP contribution is -1.96. The lowest BCUT2D eigenvalue weighted by Gasteiger charge is -2.15. The quantitative estimate of drug-likeness (QED) is 0.463. The highest BCUT2D eigenvalue weighted by atomic mass is 79.9. The van der Waals surface area contributed by atoms with Crippen molar-refractivity contribution in [1.82, 2.24) is 0 Å². The molecule has 0 aliphatic heterocycles. The average Bonchev–Trinajstić information content (AvgIpc) is 2.50. The van der Waals surface area contributed by atoms with E-state index in [4.69, 9.17) is 11.6 Å². The van der Waals surface area contributed by atoms with Gasteiger partial charge in [-0.25, -0.2) is 4.39 Å². The summed E-state index contributed by atoms with van der Waals surface area (Å²) < 4.78 is 14.2. The van der Waals surface area contributed by atoms with Crippen LogP contribution in [0.15, 0.2) is 59.1 Å². The number of aryl methyl sites for hydroxylation is 1. The van der Waals surface area contributed by atoms with E-state index in [2.05, 4.69) is 41.1 Å². The van der Waals surface area contributed by atoms with Crippen LogP contribution in [-0.2, 0) is 0 Å². The minimum Gasteiger partial charge on any atom is -0.206 e. The second-order valence-corrected chi connectivity index (χ2v) is 6.34. The molecule has 0 bridgehead atoms. The van der Waals surface area contributed by atoms with Crippen molar-refractivity contribution in [3.8, 4) is 0 Å². The highest BCUT2D eigenvalue weighted by Crippen LogP contribution is 2.35. The number of hydrogen-bond acceptors (Lipinski definition) is 0. The van der Waals surface area contributed by atoms with Gasteiger partial charge < -0.3 is 0 Å². The zero-order valence-electron chi connectivity index (χ0n) is 11.4. The predicted molar refractivity (Wildman–Crippen MR) is 90.5 cm³/mol. The molecule has 0 aliphatic carbocycles. The van der Waals surface area contributed by atoms with Crippen LogP contribution < -0.4 is 0 Å². The predicted octanol–water partition coefficient (Wildman–Crippen LogP) is 6.38. The largest absolute Gasteiger partial charge is 0.206 e. The topological polar surface area (TPSA) is 0 Å². The summed E-state index contributed by atoms with van der Waals surface area (Å²) >= 11 is 9.77. The Balaban J connectivity index is 2.15. The molecule has 0 aromatic heterocycles. The van der Waals surface area contributed by atoms with Gasteiger partial charge in [-0.05, 0) is 62.4 Å². The van der Waals surface area contributed by atoms with E-state index in [9.17, 15) is 4.39 Å². The summed E-state index contributed by atoms with van der Waals surface area (Å²) in [4.78, 5) is 0. The third kappa shape index (κ3) is 2.70. The molecule has 3 aromatic rings. The third-order valence-electron chi connectivity index (χ3n) is 3.69. The van der Waals surface area contributed by atoms with Crippen LogP contribution in [0.5, 0.6) is 0 Å². The molecule has 0 saturated carbocycles. The molecule has 1 unspecified atom stereocenters. The highest BCUT2D eigenvalue weighted by Gasteiger charge is 2.16. The van der Waals surface area contributed by atoms with Crippen molar-refractivity contribution in [1.29, 1.82) is 0 Å². The van der Waals surface area contributed by atoms with Crippen molar-refractivity contribution in [2.45, 2.75) is 12.3 Å². The Bertz CT molecular complexity index is 813. The molecule has 0 saturated heterocycles. The number of rotatable bonds is 2. The molecule has 0 spiro atoms. The maximum Gasteiger partial charge on any atom is 0.137 e. The van der Waals surface area contributed by atoms with E-state index in [1.165, 1.54) is 17.0 Å². The van der Waals surface area contributed by atoms with Crippen LogP contribution in [-0.4, -0.2) is 0 Å². The summed E-state index contributed by atoms with van der Waals surface area (Å²) in [5.74, 6) is -0.297. The van der Waals surface area contributed by atoms with E-state index >= 15 is 0 Å². The molecule has 0 fully saturated rings. The van der Waals surface area contributed by atoms with Crippen LogP contribution in [0.2, 0.25) is 0 Å². The Morgan fingerprint density at radius 1 is 1.00 bits per heavy atom. The summed E-state index contributed by atoms with van der Waals surface area (Å²) in [6.07, 6.45) is 0. The van der Waals surface area contributed by atoms with Gasteiger partial charge in [-0.15, -0.1) is 11.6 Å². The molecule has 3 heteroatoms. The molecule has 0 aliphatic rings. The minimum atomic E-state index is -0.377. The van der Waals surface area contributed by atoms with Crippen LogP contribution >= 0.6 is 27.5 Å². The molecule has 0 heterocycles. The van der Waals surface area contributed by atoms with E-state index in [-0.39, 0.29) is 11.2 Å². The van der Waals surface area contributed by atoms with Crippen molar-refractivity contribution in [3.63, 3.8) is 0 Å². The Hall–Kier alpha value is -1.38. The van der Waals surface area contributed by atoms with Crippen LogP contribution in [0.4, 0.5) is 4.39 Å². The number of alkyl halides is 1. The van der Waals surface area contributed by atoms with Gasteiger partial charge in [0.25, 0.3) is 0 Å². The lowest BCUT2D eigenvalue weighted by molar-refractivity contribution is 0.619. The fraction of sp³-hybridized carbons (Fsp3) is 0.111. The molecule has 0 amide bonds. The maximum absolute atomic E-state index is 13.7. The van der Waals surface area contributed by atoms with Gasteiger partial charge >= 0.3 is 0 Å². The summed E-state index contributed by atoms with van der Waals surface area (Å²) in [5, 5.41) is 1.91. The molecule has 21 heavy (non-hydrogen) atoms. The molecule has 1 atom stereocenters. The van der Waals surface area contributed by atoms with Crippen LogP contribution in [0.1, 0.15) is 22.1 Å². The zero-order chi connectivity index (χ0) is 15.0. The van der Waals surface area contributed by atoms with Gasteiger partial charge in [-0.2, -0.15) is 0 Å². The van der Waals surface area contributed by atoms with E-state index in [0.29, 0.717) is 4.47 Å². The normalized spacial score (nSPS) is 12.6. The van der Waals surface area contributed by atoms with Gasteiger partial charge in [0, 0.05) is 0 Å². The summed E-state index contributed by atoms with van der Waals surface area (Å²) in [5.41, 5.74) is 2.96. The average molecular weight is 364 g/mol. The summed E-state index contributed by atoms with van der Waals surface area (Å²) in [6, 6.07) is 17.3. The molecule has 0 radical (unpaired) electrons. The fourth-order valence-electron chi connectivity index (χ4n) is 2.54. The molecule has 0 nitrogen and oxygen atoms in total. The second kappa shape index (κ2) is 5.78. The SMILES string of the molecule is Cc1ccc(C(Cl)c2ccc(Br)c(F)c2)c2ccccc12. The molecular weight excluding hydrogens is 351 g/mol. The van der Waals surface area contributed by atoms with Crippen molar-refractivity contribution in [2.75, 3.05) is 0 Å². The molecule has 106 valence electrons. The van der Waals surface area contributed by atoms with Crippen LogP contribution in [0.3, 0.4) is 0 Å². The first-order valence-electron chi connectivity index (χ1n) is 6.65. The summed E-state index contributed by atoms with van der Waals surface area (Å²) in [7, 11) is 0. The van der Waals surface area contributed by atoms with Gasteiger partial charge in [0.2, 0.25) is 0 Å². The standard InChI is InChI=1S/C18H13BrClF/c1-11-6-8-15(14-5-3-2-4-13(11)14)18(20)12-7-9-16(19)17(21)10-12/h2-10,18H,1H3. The van der Waals surface area contributed by atoms with E-state index in [1.807, 2.05) is 24.3 Å². The van der Waals surface area contributed by atoms with E-state index in [1.54, 1.807) is 6.07 Å². The van der Waals surface area contributed by atoms with Gasteiger partial charge in [0.15, 0.2) is 0 Å². The van der Waals surface area contributed by atoms with Crippen molar-refractivity contribution in [3.05, 3.63) is 81.6 Å². The van der Waals surface area contributed by atoms with Crippen LogP contribution in [0, 0.1) is 12.7 Å². The Morgan fingerprint density at radius 3 is 2.43 bits per heavy atom. The van der Waals surface area contributed by atoms with E-state index < -0.39 is 0 Å². The van der Waals surface area contributed by atoms with Crippen molar-refractivity contribution >= 4 is 38.3 Å². The molecule has 3 aromatic carbocycles. The van der Waals surface area contributed by atoms with Crippen LogP contribution in [0.25, 0.3) is 10.8 Å². The smallest absolute Gasteiger partial charge is 0.137 e. The van der Waals surface area contributed by atoms with Crippen molar-refractivity contribution in [2.24, 2.45) is 0 Å². The number of fused-ring (bicyclic) bond motifs is 1. The van der Waals surface area contributed by atoms with Gasteiger partial charge in [0.05, 0.1) is 9.85 Å². The van der Waals surface area contributed by atoms with E-state index in [0.717, 1.165) is 16.5 Å². The number of hydrogen-bond donors (Lipinski definition) is 0. The van der Waals surface area contributed by atoms with Gasteiger partial charge in [0.1, 0.15) is 5.82 Å².